The Morgan fingerprint density at radius 3 is 1.81 bits per heavy atom. The fourth-order valence-electron chi connectivity index (χ4n) is 3.10. The molecule has 0 aliphatic carbocycles. The molecule has 0 N–H and O–H groups in total. The molecule has 0 aliphatic rings. The van der Waals surface area contributed by atoms with Crippen molar-refractivity contribution in [3.05, 3.63) is 12.2 Å². The van der Waals surface area contributed by atoms with E-state index in [1.165, 1.54) is 70.6 Å². The molecule has 0 heterocycles. The third-order valence-electron chi connectivity index (χ3n) is 4.74. The van der Waals surface area contributed by atoms with E-state index >= 15 is 0 Å². The third kappa shape index (κ3) is 24.6. The van der Waals surface area contributed by atoms with E-state index in [0.717, 1.165) is 25.7 Å². The Balaban J connectivity index is 0. The zero-order valence-electron chi connectivity index (χ0n) is 18.1. The standard InChI is InChI=1S/C21H42O4S.Na/c1-3-5-7-9-10-11-12-13-15-17-19-21(20-25-26(22,23)24)18-16-14-8-6-4-2;/h17,19,21H,3-16,18,20H2,1-2H3,(H,22,23,24);/q;+1/p-1/b19-17+;. The van der Waals surface area contributed by atoms with Crippen molar-refractivity contribution in [2.24, 2.45) is 5.92 Å². The number of unbranched alkanes of at least 4 members (excludes halogenated alkanes) is 12. The van der Waals surface area contributed by atoms with Crippen LogP contribution in [0.2, 0.25) is 0 Å². The molecule has 0 radical (unpaired) electrons. The summed E-state index contributed by atoms with van der Waals surface area (Å²) < 4.78 is 36.6. The van der Waals surface area contributed by atoms with Crippen LogP contribution in [0.25, 0.3) is 0 Å². The quantitative estimate of drug-likeness (QED) is 0.107. The summed E-state index contributed by atoms with van der Waals surface area (Å²) in [6.45, 7) is 4.40. The van der Waals surface area contributed by atoms with Crippen molar-refractivity contribution in [3.8, 4) is 0 Å². The Morgan fingerprint density at radius 1 is 0.815 bits per heavy atom. The van der Waals surface area contributed by atoms with E-state index in [1.807, 2.05) is 6.08 Å². The smallest absolute Gasteiger partial charge is 0.726 e. The molecule has 1 unspecified atom stereocenters. The summed E-state index contributed by atoms with van der Waals surface area (Å²) in [4.78, 5) is 0. The Bertz CT molecular complexity index is 424. The first-order chi connectivity index (χ1) is 12.5. The van der Waals surface area contributed by atoms with Gasteiger partial charge < -0.3 is 4.55 Å². The van der Waals surface area contributed by atoms with Crippen LogP contribution in [-0.4, -0.2) is 19.6 Å². The summed E-state index contributed by atoms with van der Waals surface area (Å²) in [5, 5.41) is 0. The second-order valence-corrected chi connectivity index (χ2v) is 8.40. The second kappa shape index (κ2) is 21.3. The van der Waals surface area contributed by atoms with Crippen LogP contribution in [0.3, 0.4) is 0 Å². The summed E-state index contributed by atoms with van der Waals surface area (Å²) in [6, 6.07) is 0. The molecule has 1 atom stereocenters. The average molecular weight is 413 g/mol. The van der Waals surface area contributed by atoms with Gasteiger partial charge in [0, 0.05) is 5.92 Å². The largest absolute Gasteiger partial charge is 1.00 e. The van der Waals surface area contributed by atoms with E-state index in [1.54, 1.807) is 0 Å². The maximum Gasteiger partial charge on any atom is 1.00 e. The van der Waals surface area contributed by atoms with Gasteiger partial charge in [-0.15, -0.1) is 0 Å². The third-order valence-corrected chi connectivity index (χ3v) is 5.16. The normalized spacial score (nSPS) is 13.0. The maximum atomic E-state index is 10.7. The van der Waals surface area contributed by atoms with E-state index in [-0.39, 0.29) is 42.1 Å². The molecule has 156 valence electrons. The van der Waals surface area contributed by atoms with Gasteiger partial charge in [-0.3, -0.25) is 4.18 Å². The van der Waals surface area contributed by atoms with E-state index in [4.69, 9.17) is 0 Å². The number of rotatable bonds is 19. The minimum atomic E-state index is -4.59. The molecular weight excluding hydrogens is 371 g/mol. The van der Waals surface area contributed by atoms with Crippen LogP contribution in [-0.2, 0) is 14.6 Å². The Morgan fingerprint density at radius 2 is 1.30 bits per heavy atom. The van der Waals surface area contributed by atoms with Gasteiger partial charge in [-0.05, 0) is 19.3 Å². The molecule has 4 nitrogen and oxygen atoms in total. The number of hydrogen-bond donors (Lipinski definition) is 0. The fourth-order valence-corrected chi connectivity index (χ4v) is 3.44. The molecule has 6 heteroatoms. The summed E-state index contributed by atoms with van der Waals surface area (Å²) in [6.07, 6.45) is 22.4. The molecule has 0 aromatic heterocycles. The molecule has 0 spiro atoms. The Labute approximate surface area is 191 Å². The average Bonchev–Trinajstić information content (AvgIpc) is 2.59. The number of allylic oxidation sites excluding steroid dienone is 1. The van der Waals surface area contributed by atoms with Crippen LogP contribution in [0.5, 0.6) is 0 Å². The van der Waals surface area contributed by atoms with Gasteiger partial charge in [-0.2, -0.15) is 0 Å². The van der Waals surface area contributed by atoms with E-state index in [0.29, 0.717) is 0 Å². The fraction of sp³-hybridized carbons (Fsp3) is 0.905. The summed E-state index contributed by atoms with van der Waals surface area (Å²) in [5.74, 6) is 0.0226. The Kier molecular flexibility index (Phi) is 23.5. The van der Waals surface area contributed by atoms with Crippen LogP contribution in [0, 0.1) is 5.92 Å². The predicted octanol–water partition coefficient (Wildman–Crippen LogP) is 3.53. The molecule has 0 rings (SSSR count). The minimum Gasteiger partial charge on any atom is -0.726 e. The molecule has 27 heavy (non-hydrogen) atoms. The van der Waals surface area contributed by atoms with Crippen molar-refractivity contribution in [3.63, 3.8) is 0 Å². The van der Waals surface area contributed by atoms with Gasteiger partial charge in [0.2, 0.25) is 10.4 Å². The van der Waals surface area contributed by atoms with E-state index in [9.17, 15) is 13.0 Å². The first-order valence-electron chi connectivity index (χ1n) is 10.8. The van der Waals surface area contributed by atoms with Crippen molar-refractivity contribution < 1.29 is 46.7 Å². The van der Waals surface area contributed by atoms with E-state index in [2.05, 4.69) is 24.1 Å². The van der Waals surface area contributed by atoms with Crippen molar-refractivity contribution >= 4 is 10.4 Å². The van der Waals surface area contributed by atoms with Gasteiger partial charge in [-0.25, -0.2) is 8.42 Å². The Hall–Kier alpha value is 0.610. The van der Waals surface area contributed by atoms with Crippen LogP contribution in [0.1, 0.15) is 110 Å². The molecule has 0 fully saturated rings. The van der Waals surface area contributed by atoms with Gasteiger partial charge >= 0.3 is 29.6 Å². The van der Waals surface area contributed by atoms with Crippen LogP contribution < -0.4 is 29.6 Å². The summed E-state index contributed by atoms with van der Waals surface area (Å²) in [5.41, 5.74) is 0. The number of hydrogen-bond acceptors (Lipinski definition) is 4. The molecule has 0 bridgehead atoms. The molecule has 0 saturated heterocycles. The monoisotopic (exact) mass is 412 g/mol. The zero-order valence-corrected chi connectivity index (χ0v) is 20.9. The van der Waals surface area contributed by atoms with Crippen molar-refractivity contribution in [2.45, 2.75) is 110 Å². The van der Waals surface area contributed by atoms with E-state index < -0.39 is 10.4 Å². The van der Waals surface area contributed by atoms with Gasteiger partial charge in [0.05, 0.1) is 6.61 Å². The first kappa shape index (κ1) is 29.8. The molecule has 0 aromatic carbocycles. The summed E-state index contributed by atoms with van der Waals surface area (Å²) >= 11 is 0. The SMILES string of the molecule is CCCCCCCCCC/C=C/C(CCCCCCC)COS(=O)(=O)[O-].[Na+]. The molecule has 0 saturated carbocycles. The molecule has 0 aliphatic heterocycles. The topological polar surface area (TPSA) is 66.4 Å². The van der Waals surface area contributed by atoms with Gasteiger partial charge in [0.15, 0.2) is 0 Å². The van der Waals surface area contributed by atoms with Gasteiger partial charge in [-0.1, -0.05) is 103 Å². The molecular formula is C21H41NaO4S. The van der Waals surface area contributed by atoms with Crippen LogP contribution in [0.15, 0.2) is 12.2 Å². The maximum absolute atomic E-state index is 10.7. The minimum absolute atomic E-state index is 0. The van der Waals surface area contributed by atoms with Crippen LogP contribution in [0.4, 0.5) is 0 Å². The zero-order chi connectivity index (χ0) is 19.5. The van der Waals surface area contributed by atoms with Gasteiger partial charge in [0.25, 0.3) is 0 Å². The molecule has 0 amide bonds. The molecule has 0 aromatic rings. The van der Waals surface area contributed by atoms with Crippen molar-refractivity contribution in [2.75, 3.05) is 6.61 Å². The van der Waals surface area contributed by atoms with Gasteiger partial charge in [0.1, 0.15) is 0 Å². The summed E-state index contributed by atoms with van der Waals surface area (Å²) in [7, 11) is -4.59. The predicted molar refractivity (Wildman–Crippen MR) is 109 cm³/mol. The first-order valence-corrected chi connectivity index (χ1v) is 12.1. The van der Waals surface area contributed by atoms with Crippen LogP contribution >= 0.6 is 0 Å². The second-order valence-electron chi connectivity index (χ2n) is 7.35. The van der Waals surface area contributed by atoms with Crippen molar-refractivity contribution in [1.82, 2.24) is 0 Å². The van der Waals surface area contributed by atoms with Crippen molar-refractivity contribution in [1.29, 1.82) is 0 Å².